The average molecular weight is 322 g/mol. The van der Waals surface area contributed by atoms with E-state index in [1.54, 1.807) is 0 Å². The first-order valence-electron chi connectivity index (χ1n) is 7.48. The molecule has 0 aliphatic rings. The van der Waals surface area contributed by atoms with Crippen LogP contribution in [-0.2, 0) is 0 Å². The van der Waals surface area contributed by atoms with E-state index in [0.717, 1.165) is 11.3 Å². The molecular formula is C19H18N2OS. The normalized spacial score (nSPS) is 11.2. The van der Waals surface area contributed by atoms with E-state index < -0.39 is 0 Å². The van der Waals surface area contributed by atoms with Crippen LogP contribution in [0.1, 0.15) is 16.7 Å². The van der Waals surface area contributed by atoms with Gasteiger partial charge in [-0.3, -0.25) is 0 Å². The van der Waals surface area contributed by atoms with Crippen LogP contribution in [0.15, 0.2) is 64.2 Å². The molecule has 0 saturated heterocycles. The Bertz CT molecular complexity index is 809. The smallest absolute Gasteiger partial charge is 0.277 e. The van der Waals surface area contributed by atoms with Gasteiger partial charge in [-0.15, -0.1) is 10.2 Å². The molecule has 1 aromatic heterocycles. The Morgan fingerprint density at radius 3 is 2.61 bits per heavy atom. The van der Waals surface area contributed by atoms with E-state index in [4.69, 9.17) is 4.42 Å². The van der Waals surface area contributed by atoms with Crippen molar-refractivity contribution in [3.63, 3.8) is 0 Å². The molecule has 0 N–H and O–H groups in total. The highest BCUT2D eigenvalue weighted by Gasteiger charge is 2.09. The molecule has 23 heavy (non-hydrogen) atoms. The van der Waals surface area contributed by atoms with Crippen LogP contribution in [-0.4, -0.2) is 16.0 Å². The van der Waals surface area contributed by atoms with Gasteiger partial charge < -0.3 is 4.42 Å². The Kier molecular flexibility index (Phi) is 4.93. The maximum Gasteiger partial charge on any atom is 0.277 e. The van der Waals surface area contributed by atoms with Gasteiger partial charge in [0, 0.05) is 11.3 Å². The highest BCUT2D eigenvalue weighted by Crippen LogP contribution is 2.24. The van der Waals surface area contributed by atoms with Crippen molar-refractivity contribution >= 4 is 17.8 Å². The molecule has 0 amide bonds. The topological polar surface area (TPSA) is 38.9 Å². The zero-order chi connectivity index (χ0) is 16.1. The molecule has 0 atom stereocenters. The number of thioether (sulfide) groups is 1. The summed E-state index contributed by atoms with van der Waals surface area (Å²) in [6.07, 6.45) is 4.19. The lowest BCUT2D eigenvalue weighted by Gasteiger charge is -2.00. The van der Waals surface area contributed by atoms with Gasteiger partial charge in [0.25, 0.3) is 5.22 Å². The summed E-state index contributed by atoms with van der Waals surface area (Å²) < 4.78 is 5.72. The van der Waals surface area contributed by atoms with Crippen molar-refractivity contribution in [1.82, 2.24) is 10.2 Å². The SMILES string of the molecule is Cc1ccc(-c2nnc(SC/C=C/c3ccccc3)o2)cc1C. The van der Waals surface area contributed by atoms with E-state index in [9.17, 15) is 0 Å². The molecule has 0 unspecified atom stereocenters. The Hall–Kier alpha value is -2.33. The van der Waals surface area contributed by atoms with Gasteiger partial charge in [0.1, 0.15) is 0 Å². The van der Waals surface area contributed by atoms with E-state index in [0.29, 0.717) is 11.1 Å². The van der Waals surface area contributed by atoms with Crippen LogP contribution in [0.2, 0.25) is 0 Å². The van der Waals surface area contributed by atoms with Crippen molar-refractivity contribution in [2.75, 3.05) is 5.75 Å². The Balaban J connectivity index is 1.61. The number of aromatic nitrogens is 2. The molecule has 0 radical (unpaired) electrons. The summed E-state index contributed by atoms with van der Waals surface area (Å²) in [7, 11) is 0. The second-order valence-corrected chi connectivity index (χ2v) is 6.27. The van der Waals surface area contributed by atoms with Gasteiger partial charge in [-0.2, -0.15) is 0 Å². The largest absolute Gasteiger partial charge is 0.411 e. The van der Waals surface area contributed by atoms with E-state index in [1.165, 1.54) is 28.5 Å². The third-order valence-electron chi connectivity index (χ3n) is 3.57. The molecule has 0 aliphatic heterocycles. The predicted octanol–water partition coefficient (Wildman–Crippen LogP) is 5.16. The third kappa shape index (κ3) is 4.11. The fraction of sp³-hybridized carbons (Fsp3) is 0.158. The summed E-state index contributed by atoms with van der Waals surface area (Å²) in [4.78, 5) is 0. The van der Waals surface area contributed by atoms with Crippen molar-refractivity contribution in [3.8, 4) is 11.5 Å². The van der Waals surface area contributed by atoms with Crippen molar-refractivity contribution in [3.05, 3.63) is 71.3 Å². The molecule has 4 heteroatoms. The van der Waals surface area contributed by atoms with Crippen molar-refractivity contribution in [2.24, 2.45) is 0 Å². The van der Waals surface area contributed by atoms with E-state index in [-0.39, 0.29) is 0 Å². The van der Waals surface area contributed by atoms with E-state index >= 15 is 0 Å². The third-order valence-corrected chi connectivity index (χ3v) is 4.34. The lowest BCUT2D eigenvalue weighted by Crippen LogP contribution is -1.83. The van der Waals surface area contributed by atoms with Crippen LogP contribution in [0.5, 0.6) is 0 Å². The van der Waals surface area contributed by atoms with Gasteiger partial charge in [-0.05, 0) is 42.7 Å². The van der Waals surface area contributed by atoms with Gasteiger partial charge in [-0.25, -0.2) is 0 Å². The van der Waals surface area contributed by atoms with Gasteiger partial charge in [-0.1, -0.05) is 60.3 Å². The second-order valence-electron chi connectivity index (χ2n) is 5.30. The summed E-state index contributed by atoms with van der Waals surface area (Å²) in [5, 5.41) is 8.83. The number of benzene rings is 2. The maximum absolute atomic E-state index is 5.72. The minimum Gasteiger partial charge on any atom is -0.411 e. The van der Waals surface area contributed by atoms with E-state index in [1.807, 2.05) is 24.3 Å². The first-order chi connectivity index (χ1) is 11.2. The zero-order valence-electron chi connectivity index (χ0n) is 13.2. The highest BCUT2D eigenvalue weighted by atomic mass is 32.2. The van der Waals surface area contributed by atoms with Crippen LogP contribution in [0.25, 0.3) is 17.5 Å². The summed E-state index contributed by atoms with van der Waals surface area (Å²) in [6.45, 7) is 4.17. The molecule has 0 aliphatic carbocycles. The summed E-state index contributed by atoms with van der Waals surface area (Å²) >= 11 is 1.54. The number of rotatable bonds is 5. The zero-order valence-corrected chi connectivity index (χ0v) is 14.0. The van der Waals surface area contributed by atoms with Crippen LogP contribution < -0.4 is 0 Å². The summed E-state index contributed by atoms with van der Waals surface area (Å²) in [5.74, 6) is 1.37. The maximum atomic E-state index is 5.72. The average Bonchev–Trinajstić information content (AvgIpc) is 3.04. The number of nitrogens with zero attached hydrogens (tertiary/aromatic N) is 2. The monoisotopic (exact) mass is 322 g/mol. The predicted molar refractivity (Wildman–Crippen MR) is 95.4 cm³/mol. The van der Waals surface area contributed by atoms with Crippen LogP contribution in [0.4, 0.5) is 0 Å². The molecule has 0 saturated carbocycles. The quantitative estimate of drug-likeness (QED) is 0.608. The molecule has 3 aromatic rings. The van der Waals surface area contributed by atoms with Crippen molar-refractivity contribution < 1.29 is 4.42 Å². The van der Waals surface area contributed by atoms with Crippen molar-refractivity contribution in [1.29, 1.82) is 0 Å². The molecule has 0 bridgehead atoms. The minimum atomic E-state index is 0.572. The Labute approximate surface area is 140 Å². The van der Waals surface area contributed by atoms with Gasteiger partial charge >= 0.3 is 0 Å². The van der Waals surface area contributed by atoms with Crippen LogP contribution >= 0.6 is 11.8 Å². The number of hydrogen-bond donors (Lipinski definition) is 0. The first kappa shape index (κ1) is 15.6. The molecule has 1 heterocycles. The molecule has 0 fully saturated rings. The number of aryl methyl sites for hydroxylation is 2. The fourth-order valence-corrected chi connectivity index (χ4v) is 2.70. The lowest BCUT2D eigenvalue weighted by molar-refractivity contribution is 0.466. The molecule has 3 rings (SSSR count). The second kappa shape index (κ2) is 7.29. The van der Waals surface area contributed by atoms with Gasteiger partial charge in [0.05, 0.1) is 0 Å². The molecule has 116 valence electrons. The van der Waals surface area contributed by atoms with Crippen LogP contribution in [0, 0.1) is 13.8 Å². The first-order valence-corrected chi connectivity index (χ1v) is 8.46. The molecule has 3 nitrogen and oxygen atoms in total. The molecular weight excluding hydrogens is 304 g/mol. The van der Waals surface area contributed by atoms with Gasteiger partial charge in [0.2, 0.25) is 5.89 Å². The minimum absolute atomic E-state index is 0.572. The molecule has 2 aromatic carbocycles. The lowest BCUT2D eigenvalue weighted by atomic mass is 10.1. The summed E-state index contributed by atoms with van der Waals surface area (Å²) in [6, 6.07) is 16.4. The Morgan fingerprint density at radius 1 is 1.00 bits per heavy atom. The summed E-state index contributed by atoms with van der Waals surface area (Å²) in [5.41, 5.74) is 4.64. The van der Waals surface area contributed by atoms with Crippen molar-refractivity contribution in [2.45, 2.75) is 19.1 Å². The fourth-order valence-electron chi connectivity index (χ4n) is 2.13. The molecule has 0 spiro atoms. The van der Waals surface area contributed by atoms with Crippen LogP contribution in [0.3, 0.4) is 0 Å². The Morgan fingerprint density at radius 2 is 1.83 bits per heavy atom. The highest BCUT2D eigenvalue weighted by molar-refractivity contribution is 7.99. The van der Waals surface area contributed by atoms with Gasteiger partial charge in [0.15, 0.2) is 0 Å². The standard InChI is InChI=1S/C19H18N2OS/c1-14-10-11-17(13-15(14)2)18-20-21-19(22-18)23-12-6-9-16-7-4-3-5-8-16/h3-11,13H,12H2,1-2H3/b9-6+. The number of hydrogen-bond acceptors (Lipinski definition) is 4. The van der Waals surface area contributed by atoms with E-state index in [2.05, 4.69) is 60.5 Å².